The average Bonchev–Trinajstić information content (AvgIpc) is 2.15. The van der Waals surface area contributed by atoms with E-state index in [0.29, 0.717) is 5.25 Å². The Bertz CT molecular complexity index is 208. The van der Waals surface area contributed by atoms with Crippen LogP contribution in [0.5, 0.6) is 0 Å². The van der Waals surface area contributed by atoms with E-state index >= 15 is 0 Å². The molecule has 0 radical (unpaired) electrons. The molecular formula is C10H14S2. The number of rotatable bonds is 4. The van der Waals surface area contributed by atoms with Gasteiger partial charge in [0.15, 0.2) is 0 Å². The normalized spacial score (nSPS) is 12.8. The van der Waals surface area contributed by atoms with Crippen LogP contribution in [-0.2, 0) is 0 Å². The second-order valence-electron chi connectivity index (χ2n) is 2.57. The van der Waals surface area contributed by atoms with Crippen molar-refractivity contribution in [1.82, 2.24) is 0 Å². The Hall–Kier alpha value is -0.0800. The van der Waals surface area contributed by atoms with E-state index in [9.17, 15) is 0 Å². The molecule has 0 aromatic heterocycles. The first kappa shape index (κ1) is 10.0. The fourth-order valence-electron chi connectivity index (χ4n) is 1.14. The zero-order valence-electron chi connectivity index (χ0n) is 7.49. The molecule has 1 atom stereocenters. The van der Waals surface area contributed by atoms with E-state index in [0.717, 1.165) is 0 Å². The first-order valence-corrected chi connectivity index (χ1v) is 6.75. The molecule has 0 fully saturated rings. The van der Waals surface area contributed by atoms with E-state index in [1.807, 2.05) is 21.6 Å². The summed E-state index contributed by atoms with van der Waals surface area (Å²) in [5, 5.41) is 0.654. The molecule has 1 unspecified atom stereocenters. The van der Waals surface area contributed by atoms with Crippen LogP contribution >= 0.6 is 21.6 Å². The fourth-order valence-corrected chi connectivity index (χ4v) is 3.22. The summed E-state index contributed by atoms with van der Waals surface area (Å²) in [6.07, 6.45) is 3.34. The van der Waals surface area contributed by atoms with Crippen molar-refractivity contribution in [3.8, 4) is 0 Å². The van der Waals surface area contributed by atoms with Crippen molar-refractivity contribution in [3.63, 3.8) is 0 Å². The molecule has 0 spiro atoms. The minimum absolute atomic E-state index is 0.654. The molecule has 0 aliphatic rings. The van der Waals surface area contributed by atoms with Crippen LogP contribution in [0.15, 0.2) is 30.3 Å². The van der Waals surface area contributed by atoms with Crippen molar-refractivity contribution >= 4 is 21.6 Å². The molecular weight excluding hydrogens is 184 g/mol. The third-order valence-corrected chi connectivity index (χ3v) is 4.06. The van der Waals surface area contributed by atoms with E-state index in [1.54, 1.807) is 0 Å². The minimum Gasteiger partial charge on any atom is -0.0970 e. The second kappa shape index (κ2) is 5.55. The van der Waals surface area contributed by atoms with Gasteiger partial charge in [0, 0.05) is 5.25 Å². The highest BCUT2D eigenvalue weighted by molar-refractivity contribution is 8.76. The summed E-state index contributed by atoms with van der Waals surface area (Å²) < 4.78 is 0. The van der Waals surface area contributed by atoms with Gasteiger partial charge >= 0.3 is 0 Å². The predicted octanol–water partition coefficient (Wildman–Crippen LogP) is 4.15. The first-order chi connectivity index (χ1) is 5.88. The molecule has 1 rings (SSSR count). The maximum atomic E-state index is 2.24. The number of hydrogen-bond acceptors (Lipinski definition) is 2. The van der Waals surface area contributed by atoms with Crippen molar-refractivity contribution in [2.75, 3.05) is 6.26 Å². The monoisotopic (exact) mass is 198 g/mol. The van der Waals surface area contributed by atoms with E-state index in [-0.39, 0.29) is 0 Å². The molecule has 0 saturated heterocycles. The fraction of sp³-hybridized carbons (Fsp3) is 0.400. The Morgan fingerprint density at radius 2 is 1.92 bits per heavy atom. The summed E-state index contributed by atoms with van der Waals surface area (Å²) in [5.41, 5.74) is 1.44. The Morgan fingerprint density at radius 1 is 1.25 bits per heavy atom. The van der Waals surface area contributed by atoms with Crippen LogP contribution in [0.3, 0.4) is 0 Å². The van der Waals surface area contributed by atoms with Gasteiger partial charge in [-0.25, -0.2) is 0 Å². The molecule has 0 amide bonds. The molecule has 66 valence electrons. The quantitative estimate of drug-likeness (QED) is 0.667. The standard InChI is InChI=1S/C10H14S2/c1-3-10(12-11-2)9-7-5-4-6-8-9/h4-8,10H,3H2,1-2H3. The molecule has 2 heteroatoms. The van der Waals surface area contributed by atoms with Gasteiger partial charge in [-0.2, -0.15) is 0 Å². The van der Waals surface area contributed by atoms with Crippen molar-refractivity contribution in [2.45, 2.75) is 18.6 Å². The lowest BCUT2D eigenvalue weighted by atomic mass is 10.1. The third-order valence-electron chi connectivity index (χ3n) is 1.75. The largest absolute Gasteiger partial charge is 0.0970 e. The number of hydrogen-bond donors (Lipinski definition) is 0. The van der Waals surface area contributed by atoms with Crippen LogP contribution in [0.4, 0.5) is 0 Å². The molecule has 0 aliphatic carbocycles. The molecule has 0 N–H and O–H groups in total. The highest BCUT2D eigenvalue weighted by atomic mass is 33.1. The lowest BCUT2D eigenvalue weighted by Crippen LogP contribution is -1.88. The molecule has 1 aromatic rings. The molecule has 0 aliphatic heterocycles. The van der Waals surface area contributed by atoms with Gasteiger partial charge in [0.25, 0.3) is 0 Å². The van der Waals surface area contributed by atoms with Crippen LogP contribution < -0.4 is 0 Å². The Labute approximate surface area is 82.5 Å². The van der Waals surface area contributed by atoms with Gasteiger partial charge in [0.2, 0.25) is 0 Å². The van der Waals surface area contributed by atoms with Crippen LogP contribution in [0.2, 0.25) is 0 Å². The summed E-state index contributed by atoms with van der Waals surface area (Å²) >= 11 is 0. The average molecular weight is 198 g/mol. The molecule has 12 heavy (non-hydrogen) atoms. The van der Waals surface area contributed by atoms with Gasteiger partial charge in [0.1, 0.15) is 0 Å². The van der Waals surface area contributed by atoms with Gasteiger partial charge in [-0.3, -0.25) is 0 Å². The zero-order chi connectivity index (χ0) is 8.81. The smallest absolute Gasteiger partial charge is 0.0398 e. The van der Waals surface area contributed by atoms with Crippen molar-refractivity contribution < 1.29 is 0 Å². The Balaban J connectivity index is 2.66. The SMILES string of the molecule is CCC(SSC)c1ccccc1. The van der Waals surface area contributed by atoms with E-state index in [2.05, 4.69) is 43.5 Å². The molecule has 0 heterocycles. The highest BCUT2D eigenvalue weighted by Crippen LogP contribution is 2.38. The molecule has 0 saturated carbocycles. The van der Waals surface area contributed by atoms with Gasteiger partial charge < -0.3 is 0 Å². The topological polar surface area (TPSA) is 0 Å². The first-order valence-electron chi connectivity index (χ1n) is 4.13. The predicted molar refractivity (Wildman–Crippen MR) is 60.6 cm³/mol. The lowest BCUT2D eigenvalue weighted by molar-refractivity contribution is 0.901. The zero-order valence-corrected chi connectivity index (χ0v) is 9.12. The third kappa shape index (κ3) is 2.76. The summed E-state index contributed by atoms with van der Waals surface area (Å²) in [6.45, 7) is 2.24. The van der Waals surface area contributed by atoms with E-state index < -0.39 is 0 Å². The maximum absolute atomic E-state index is 2.24. The van der Waals surface area contributed by atoms with E-state index in [4.69, 9.17) is 0 Å². The van der Waals surface area contributed by atoms with Crippen LogP contribution in [0, 0.1) is 0 Å². The van der Waals surface area contributed by atoms with Crippen LogP contribution in [0.1, 0.15) is 24.2 Å². The molecule has 1 aromatic carbocycles. The van der Waals surface area contributed by atoms with Gasteiger partial charge in [-0.05, 0) is 18.2 Å². The summed E-state index contributed by atoms with van der Waals surface area (Å²) in [7, 11) is 3.79. The highest BCUT2D eigenvalue weighted by Gasteiger charge is 2.07. The summed E-state index contributed by atoms with van der Waals surface area (Å²) in [4.78, 5) is 0. The summed E-state index contributed by atoms with van der Waals surface area (Å²) in [6, 6.07) is 10.7. The molecule has 0 nitrogen and oxygen atoms in total. The van der Waals surface area contributed by atoms with Crippen molar-refractivity contribution in [3.05, 3.63) is 35.9 Å². The Kier molecular flexibility index (Phi) is 4.62. The summed E-state index contributed by atoms with van der Waals surface area (Å²) in [5.74, 6) is 0. The Morgan fingerprint density at radius 3 is 2.42 bits per heavy atom. The van der Waals surface area contributed by atoms with Crippen LogP contribution in [-0.4, -0.2) is 6.26 Å². The van der Waals surface area contributed by atoms with Gasteiger partial charge in [0.05, 0.1) is 0 Å². The molecule has 0 bridgehead atoms. The van der Waals surface area contributed by atoms with Crippen molar-refractivity contribution in [1.29, 1.82) is 0 Å². The van der Waals surface area contributed by atoms with Crippen molar-refractivity contribution in [2.24, 2.45) is 0 Å². The minimum atomic E-state index is 0.654. The van der Waals surface area contributed by atoms with Crippen LogP contribution in [0.25, 0.3) is 0 Å². The maximum Gasteiger partial charge on any atom is 0.0398 e. The van der Waals surface area contributed by atoms with Gasteiger partial charge in [-0.15, -0.1) is 0 Å². The second-order valence-corrected chi connectivity index (χ2v) is 5.24. The van der Waals surface area contributed by atoms with E-state index in [1.165, 1.54) is 12.0 Å². The van der Waals surface area contributed by atoms with Gasteiger partial charge in [-0.1, -0.05) is 58.8 Å². The number of benzene rings is 1. The lowest BCUT2D eigenvalue weighted by Gasteiger charge is -2.12.